The van der Waals surface area contributed by atoms with Gasteiger partial charge in [-0.2, -0.15) is 0 Å². The molecule has 45 heavy (non-hydrogen) atoms. The molecular weight excluding hydrogens is 580 g/mol. The van der Waals surface area contributed by atoms with Gasteiger partial charge in [0, 0.05) is 17.8 Å². The minimum atomic E-state index is -1.08. The monoisotopic (exact) mass is 626 g/mol. The van der Waals surface area contributed by atoms with Gasteiger partial charge in [-0.15, -0.1) is 0 Å². The standard InChI is InChI=1S/C35H46O10/c1-15-21(23-10-22(15)27-25(23)14-42-32(27)40)8-18(30(38)44-34(3,4)5)9-24(26-16(2)29(37)43-33(26)41)31(39)45-35-11-17-6-19(12-35)28(36)20(7-17)13-35/h15-27H,6-14H2,1-5H3. The number of Topliss-reactive ketones (excluding diaryl/α,β-unsaturated/α-hetero) is 1. The summed E-state index contributed by atoms with van der Waals surface area (Å²) >= 11 is 0. The van der Waals surface area contributed by atoms with E-state index >= 15 is 0 Å². The maximum absolute atomic E-state index is 14.3. The fourth-order valence-electron chi connectivity index (χ4n) is 11.1. The zero-order valence-electron chi connectivity index (χ0n) is 27.0. The summed E-state index contributed by atoms with van der Waals surface area (Å²) in [5, 5.41) is 0. The highest BCUT2D eigenvalue weighted by Crippen LogP contribution is 2.62. The van der Waals surface area contributed by atoms with E-state index in [2.05, 4.69) is 6.92 Å². The van der Waals surface area contributed by atoms with Crippen LogP contribution in [0.5, 0.6) is 0 Å². The van der Waals surface area contributed by atoms with Crippen molar-refractivity contribution in [2.75, 3.05) is 6.61 Å². The van der Waals surface area contributed by atoms with Crippen LogP contribution in [0.3, 0.4) is 0 Å². The number of esters is 5. The Hall–Kier alpha value is -2.78. The molecular formula is C35H46O10. The van der Waals surface area contributed by atoms with Crippen molar-refractivity contribution < 1.29 is 47.7 Å². The van der Waals surface area contributed by atoms with Gasteiger partial charge in [-0.3, -0.25) is 28.8 Å². The number of fused-ring (bicyclic) bond motifs is 5. The summed E-state index contributed by atoms with van der Waals surface area (Å²) in [4.78, 5) is 79.2. The Morgan fingerprint density at radius 3 is 2.20 bits per heavy atom. The lowest BCUT2D eigenvalue weighted by molar-refractivity contribution is -0.196. The smallest absolute Gasteiger partial charge is 0.318 e. The molecule has 0 aromatic rings. The van der Waals surface area contributed by atoms with Crippen molar-refractivity contribution in [1.29, 1.82) is 0 Å². The first kappa shape index (κ1) is 30.9. The molecule has 6 aliphatic carbocycles. The van der Waals surface area contributed by atoms with Crippen molar-refractivity contribution in [1.82, 2.24) is 0 Å². The lowest BCUT2D eigenvalue weighted by atomic mass is 9.53. The molecule has 2 saturated heterocycles. The lowest BCUT2D eigenvalue weighted by Gasteiger charge is -2.54. The van der Waals surface area contributed by atoms with Crippen molar-refractivity contribution >= 4 is 35.6 Å². The maximum Gasteiger partial charge on any atom is 0.318 e. The van der Waals surface area contributed by atoms with Crippen LogP contribution < -0.4 is 0 Å². The molecule has 6 bridgehead atoms. The second-order valence-electron chi connectivity index (χ2n) is 16.6. The Bertz CT molecular complexity index is 1310. The summed E-state index contributed by atoms with van der Waals surface area (Å²) in [5.41, 5.74) is -1.54. The Morgan fingerprint density at radius 1 is 0.889 bits per heavy atom. The van der Waals surface area contributed by atoms with Gasteiger partial charge < -0.3 is 18.9 Å². The summed E-state index contributed by atoms with van der Waals surface area (Å²) < 4.78 is 22.7. The van der Waals surface area contributed by atoms with Gasteiger partial charge in [0.1, 0.15) is 17.0 Å². The van der Waals surface area contributed by atoms with E-state index in [4.69, 9.17) is 18.9 Å². The van der Waals surface area contributed by atoms with Gasteiger partial charge in [0.2, 0.25) is 0 Å². The largest absolute Gasteiger partial charge is 0.465 e. The number of cyclic esters (lactones) is 3. The Labute approximate surface area is 264 Å². The average molecular weight is 627 g/mol. The number of rotatable bonds is 8. The molecule has 0 aromatic heterocycles. The molecule has 0 radical (unpaired) electrons. The van der Waals surface area contributed by atoms with E-state index in [1.807, 2.05) is 0 Å². The van der Waals surface area contributed by atoms with Crippen LogP contribution in [0, 0.1) is 76.9 Å². The molecule has 10 nitrogen and oxygen atoms in total. The van der Waals surface area contributed by atoms with Gasteiger partial charge in [0.05, 0.1) is 36.2 Å². The molecule has 0 spiro atoms. The molecule has 8 fully saturated rings. The molecule has 0 amide bonds. The summed E-state index contributed by atoms with van der Waals surface area (Å²) in [6, 6.07) is 0. The van der Waals surface area contributed by atoms with Gasteiger partial charge in [-0.25, -0.2) is 0 Å². The molecule has 0 N–H and O–H groups in total. The van der Waals surface area contributed by atoms with Crippen molar-refractivity contribution in [3.63, 3.8) is 0 Å². The number of carbonyl (C=O) groups excluding carboxylic acids is 6. The van der Waals surface area contributed by atoms with Crippen LogP contribution in [-0.4, -0.2) is 53.4 Å². The third kappa shape index (κ3) is 5.13. The van der Waals surface area contributed by atoms with Crippen LogP contribution in [-0.2, 0) is 47.7 Å². The number of hydrogen-bond donors (Lipinski definition) is 0. The molecule has 8 aliphatic rings. The normalized spacial score (nSPS) is 44.1. The SMILES string of the molecule is CC1C(=O)OC(=O)C1C(CC(CC1C(C)C2CC1C1COC(=O)C21)C(=O)OC(C)(C)C)C(=O)OC12CC3CC(C1)C(=O)C(C3)C2. The molecule has 2 heterocycles. The maximum atomic E-state index is 14.3. The van der Waals surface area contributed by atoms with Gasteiger partial charge in [-0.05, 0) is 102 Å². The first-order valence-electron chi connectivity index (χ1n) is 17.1. The van der Waals surface area contributed by atoms with Gasteiger partial charge in [-0.1, -0.05) is 13.8 Å². The van der Waals surface area contributed by atoms with Crippen molar-refractivity contribution in [3.8, 4) is 0 Å². The highest BCUT2D eigenvalue weighted by molar-refractivity contribution is 5.98. The van der Waals surface area contributed by atoms with Crippen LogP contribution in [0.2, 0.25) is 0 Å². The van der Waals surface area contributed by atoms with Crippen molar-refractivity contribution in [2.24, 2.45) is 76.9 Å². The second kappa shape index (κ2) is 10.6. The molecule has 12 atom stereocenters. The number of ether oxygens (including phenoxy) is 4. The van der Waals surface area contributed by atoms with Crippen molar-refractivity contribution in [2.45, 2.75) is 97.2 Å². The van der Waals surface area contributed by atoms with Gasteiger partial charge in [0.25, 0.3) is 0 Å². The second-order valence-corrected chi connectivity index (χ2v) is 16.6. The highest BCUT2D eigenvalue weighted by atomic mass is 16.6. The van der Waals surface area contributed by atoms with E-state index in [0.29, 0.717) is 38.2 Å². The zero-order valence-corrected chi connectivity index (χ0v) is 27.0. The zero-order chi connectivity index (χ0) is 32.2. The van der Waals surface area contributed by atoms with Crippen molar-refractivity contribution in [3.05, 3.63) is 0 Å². The topological polar surface area (TPSA) is 139 Å². The van der Waals surface area contributed by atoms with E-state index in [1.54, 1.807) is 27.7 Å². The fraction of sp³-hybridized carbons (Fsp3) is 0.829. The van der Waals surface area contributed by atoms with E-state index in [-0.39, 0.29) is 65.5 Å². The minimum absolute atomic E-state index is 0.0133. The molecule has 8 rings (SSSR count). The molecule has 6 saturated carbocycles. The van der Waals surface area contributed by atoms with Crippen LogP contribution >= 0.6 is 0 Å². The van der Waals surface area contributed by atoms with E-state index in [0.717, 1.165) is 19.3 Å². The summed E-state index contributed by atoms with van der Waals surface area (Å²) in [6.07, 6.45) is 4.67. The Balaban J connectivity index is 1.17. The molecule has 10 heteroatoms. The summed E-state index contributed by atoms with van der Waals surface area (Å²) in [5.74, 6) is -5.24. The minimum Gasteiger partial charge on any atom is -0.465 e. The van der Waals surface area contributed by atoms with E-state index in [1.165, 1.54) is 0 Å². The average Bonchev–Trinajstić information content (AvgIpc) is 3.65. The quantitative estimate of drug-likeness (QED) is 0.220. The molecule has 246 valence electrons. The number of hydrogen-bond acceptors (Lipinski definition) is 10. The first-order valence-corrected chi connectivity index (χ1v) is 17.1. The van der Waals surface area contributed by atoms with Crippen LogP contribution in [0.1, 0.15) is 86.0 Å². The molecule has 0 aromatic carbocycles. The predicted octanol–water partition coefficient (Wildman–Crippen LogP) is 4.06. The van der Waals surface area contributed by atoms with Gasteiger partial charge in [0.15, 0.2) is 0 Å². The fourth-order valence-corrected chi connectivity index (χ4v) is 11.1. The molecule has 12 unspecified atom stereocenters. The third-order valence-electron chi connectivity index (χ3n) is 12.8. The highest BCUT2D eigenvalue weighted by Gasteiger charge is 2.63. The summed E-state index contributed by atoms with van der Waals surface area (Å²) in [6.45, 7) is 9.51. The van der Waals surface area contributed by atoms with E-state index in [9.17, 15) is 28.8 Å². The van der Waals surface area contributed by atoms with E-state index < -0.39 is 58.8 Å². The van der Waals surface area contributed by atoms with Crippen LogP contribution in [0.4, 0.5) is 0 Å². The lowest BCUT2D eigenvalue weighted by Crippen LogP contribution is -2.57. The van der Waals surface area contributed by atoms with Crippen LogP contribution in [0.15, 0.2) is 0 Å². The van der Waals surface area contributed by atoms with Crippen LogP contribution in [0.25, 0.3) is 0 Å². The number of carbonyl (C=O) groups is 6. The molecule has 2 aliphatic heterocycles. The van der Waals surface area contributed by atoms with Gasteiger partial charge >= 0.3 is 29.8 Å². The predicted molar refractivity (Wildman–Crippen MR) is 155 cm³/mol. The third-order valence-corrected chi connectivity index (χ3v) is 12.8. The first-order chi connectivity index (χ1) is 21.1. The Kier molecular flexibility index (Phi) is 7.28. The number of ketones is 1. The Morgan fingerprint density at radius 2 is 1.58 bits per heavy atom. The summed E-state index contributed by atoms with van der Waals surface area (Å²) in [7, 11) is 0.